The molecule has 5 nitrogen and oxygen atoms in total. The Balaban J connectivity index is 1.64. The van der Waals surface area contributed by atoms with Crippen LogP contribution < -0.4 is 5.32 Å². The number of halogens is 3. The number of fused-ring (bicyclic) bond motifs is 1. The minimum Gasteiger partial charge on any atom is -0.352 e. The molecule has 0 spiro atoms. The van der Waals surface area contributed by atoms with Crippen molar-refractivity contribution in [3.05, 3.63) is 65.6 Å². The third kappa shape index (κ3) is 3.37. The number of nitrogens with one attached hydrogen (secondary N) is 1. The number of carbonyl (C=O) groups excluding carboxylic acids is 1. The molecule has 0 fully saturated rings. The number of hydrogen-bond donors (Lipinski definition) is 1. The Morgan fingerprint density at radius 2 is 1.96 bits per heavy atom. The van der Waals surface area contributed by atoms with Crippen LogP contribution in [-0.2, 0) is 12.6 Å². The predicted octanol–water partition coefficient (Wildman–Crippen LogP) is 2.72. The van der Waals surface area contributed by atoms with Crippen LogP contribution in [0.4, 0.5) is 13.2 Å². The molecule has 2 heterocycles. The maximum atomic E-state index is 12.7. The van der Waals surface area contributed by atoms with E-state index in [4.69, 9.17) is 0 Å². The van der Waals surface area contributed by atoms with Crippen LogP contribution in [0.5, 0.6) is 0 Å². The molecule has 0 bridgehead atoms. The summed E-state index contributed by atoms with van der Waals surface area (Å²) in [5.41, 5.74) is -0.189. The summed E-state index contributed by atoms with van der Waals surface area (Å²) in [5, 5.41) is 10.6. The van der Waals surface area contributed by atoms with Gasteiger partial charge in [0.25, 0.3) is 5.91 Å². The van der Waals surface area contributed by atoms with Crippen molar-refractivity contribution in [1.82, 2.24) is 19.9 Å². The second-order valence-corrected chi connectivity index (χ2v) is 5.13. The van der Waals surface area contributed by atoms with Gasteiger partial charge in [-0.1, -0.05) is 12.1 Å². The molecule has 0 radical (unpaired) electrons. The molecule has 0 saturated heterocycles. The Hall–Kier alpha value is -2.90. The zero-order chi connectivity index (χ0) is 17.2. The molecule has 0 aliphatic rings. The van der Waals surface area contributed by atoms with E-state index in [1.165, 1.54) is 12.1 Å². The molecule has 24 heavy (non-hydrogen) atoms. The molecule has 1 aromatic carbocycles. The van der Waals surface area contributed by atoms with Crippen LogP contribution in [0, 0.1) is 0 Å². The van der Waals surface area contributed by atoms with Gasteiger partial charge in [-0.3, -0.25) is 9.20 Å². The molecule has 3 aromatic rings. The van der Waals surface area contributed by atoms with Crippen LogP contribution in [0.2, 0.25) is 0 Å². The fourth-order valence-electron chi connectivity index (χ4n) is 2.29. The van der Waals surface area contributed by atoms with Gasteiger partial charge >= 0.3 is 6.18 Å². The summed E-state index contributed by atoms with van der Waals surface area (Å²) in [6, 6.07) is 9.80. The molecule has 0 saturated carbocycles. The lowest BCUT2D eigenvalue weighted by Crippen LogP contribution is -2.26. The number of nitrogens with zero attached hydrogens (tertiary/aromatic N) is 3. The molecule has 0 aliphatic heterocycles. The van der Waals surface area contributed by atoms with E-state index in [2.05, 4.69) is 15.5 Å². The summed E-state index contributed by atoms with van der Waals surface area (Å²) in [7, 11) is 0. The Morgan fingerprint density at radius 3 is 2.75 bits per heavy atom. The predicted molar refractivity (Wildman–Crippen MR) is 80.5 cm³/mol. The van der Waals surface area contributed by atoms with E-state index in [9.17, 15) is 18.0 Å². The highest BCUT2D eigenvalue weighted by Crippen LogP contribution is 2.29. The average Bonchev–Trinajstić information content (AvgIpc) is 2.97. The highest BCUT2D eigenvalue weighted by molar-refractivity contribution is 5.94. The zero-order valence-corrected chi connectivity index (χ0v) is 12.4. The number of rotatable bonds is 4. The first kappa shape index (κ1) is 16.0. The van der Waals surface area contributed by atoms with E-state index in [1.54, 1.807) is 16.7 Å². The van der Waals surface area contributed by atoms with Crippen LogP contribution >= 0.6 is 0 Å². The summed E-state index contributed by atoms with van der Waals surface area (Å²) in [5.74, 6) is 0.102. The van der Waals surface area contributed by atoms with Gasteiger partial charge in [0.1, 0.15) is 5.82 Å². The number of hydrogen-bond acceptors (Lipinski definition) is 3. The highest BCUT2D eigenvalue weighted by Gasteiger charge is 2.30. The molecular weight excluding hydrogens is 321 g/mol. The minimum atomic E-state index is -4.48. The van der Waals surface area contributed by atoms with Crippen molar-refractivity contribution in [3.8, 4) is 0 Å². The quantitative estimate of drug-likeness (QED) is 0.798. The summed E-state index contributed by atoms with van der Waals surface area (Å²) >= 11 is 0. The van der Waals surface area contributed by atoms with Gasteiger partial charge < -0.3 is 5.32 Å². The molecule has 1 N–H and O–H groups in total. The van der Waals surface area contributed by atoms with Crippen LogP contribution in [0.25, 0.3) is 5.65 Å². The standard InChI is InChI=1S/C16H13F3N4O/c17-16(18,19)12-5-3-4-11(10-12)15(24)20-8-7-14-22-21-13-6-1-2-9-23(13)14/h1-6,9-10H,7-8H2,(H,20,24). The first-order chi connectivity index (χ1) is 11.4. The molecule has 0 atom stereocenters. The fraction of sp³-hybridized carbons (Fsp3) is 0.188. The number of alkyl halides is 3. The Labute approximate surface area is 135 Å². The van der Waals surface area contributed by atoms with E-state index >= 15 is 0 Å². The lowest BCUT2D eigenvalue weighted by Gasteiger charge is -2.09. The number of benzene rings is 1. The zero-order valence-electron chi connectivity index (χ0n) is 12.4. The molecule has 0 aliphatic carbocycles. The van der Waals surface area contributed by atoms with Crippen molar-refractivity contribution >= 4 is 11.6 Å². The smallest absolute Gasteiger partial charge is 0.352 e. The number of carbonyl (C=O) groups is 1. The number of pyridine rings is 1. The first-order valence-corrected chi connectivity index (χ1v) is 7.19. The van der Waals surface area contributed by atoms with E-state index in [1.807, 2.05) is 12.1 Å². The lowest BCUT2D eigenvalue weighted by atomic mass is 10.1. The number of amides is 1. The van der Waals surface area contributed by atoms with E-state index in [0.29, 0.717) is 17.9 Å². The Bertz CT molecular complexity index is 873. The maximum absolute atomic E-state index is 12.7. The van der Waals surface area contributed by atoms with E-state index in [0.717, 1.165) is 12.1 Å². The SMILES string of the molecule is O=C(NCCc1nnc2ccccn12)c1cccc(C(F)(F)F)c1. The Morgan fingerprint density at radius 1 is 1.12 bits per heavy atom. The van der Waals surface area contributed by atoms with Crippen LogP contribution in [0.3, 0.4) is 0 Å². The molecule has 3 rings (SSSR count). The molecule has 1 amide bonds. The van der Waals surface area contributed by atoms with Gasteiger partial charge in [-0.25, -0.2) is 0 Å². The monoisotopic (exact) mass is 334 g/mol. The molecule has 0 unspecified atom stereocenters. The minimum absolute atomic E-state index is 0.0315. The summed E-state index contributed by atoms with van der Waals surface area (Å²) in [6.45, 7) is 0.241. The van der Waals surface area contributed by atoms with Gasteiger partial charge in [-0.15, -0.1) is 10.2 Å². The van der Waals surface area contributed by atoms with Gasteiger partial charge in [0.05, 0.1) is 5.56 Å². The van der Waals surface area contributed by atoms with Crippen molar-refractivity contribution in [2.75, 3.05) is 6.54 Å². The molecular formula is C16H13F3N4O. The summed E-state index contributed by atoms with van der Waals surface area (Å²) in [6.07, 6.45) is -2.26. The fourth-order valence-corrected chi connectivity index (χ4v) is 2.29. The van der Waals surface area contributed by atoms with Crippen molar-refractivity contribution in [3.63, 3.8) is 0 Å². The topological polar surface area (TPSA) is 59.3 Å². The lowest BCUT2D eigenvalue weighted by molar-refractivity contribution is -0.137. The average molecular weight is 334 g/mol. The third-order valence-corrected chi connectivity index (χ3v) is 3.47. The second-order valence-electron chi connectivity index (χ2n) is 5.13. The van der Waals surface area contributed by atoms with Crippen LogP contribution in [0.15, 0.2) is 48.7 Å². The van der Waals surface area contributed by atoms with Gasteiger partial charge in [0, 0.05) is 24.7 Å². The van der Waals surface area contributed by atoms with Crippen molar-refractivity contribution in [2.24, 2.45) is 0 Å². The highest BCUT2D eigenvalue weighted by atomic mass is 19.4. The largest absolute Gasteiger partial charge is 0.416 e. The van der Waals surface area contributed by atoms with Gasteiger partial charge in [-0.2, -0.15) is 13.2 Å². The second kappa shape index (κ2) is 6.31. The first-order valence-electron chi connectivity index (χ1n) is 7.19. The van der Waals surface area contributed by atoms with E-state index < -0.39 is 17.6 Å². The molecule has 8 heteroatoms. The van der Waals surface area contributed by atoms with Crippen molar-refractivity contribution in [1.29, 1.82) is 0 Å². The van der Waals surface area contributed by atoms with Crippen LogP contribution in [0.1, 0.15) is 21.7 Å². The molecule has 124 valence electrons. The van der Waals surface area contributed by atoms with Crippen LogP contribution in [-0.4, -0.2) is 27.0 Å². The van der Waals surface area contributed by atoms with Crippen molar-refractivity contribution in [2.45, 2.75) is 12.6 Å². The van der Waals surface area contributed by atoms with E-state index in [-0.39, 0.29) is 12.1 Å². The van der Waals surface area contributed by atoms with Crippen molar-refractivity contribution < 1.29 is 18.0 Å². The van der Waals surface area contributed by atoms with Gasteiger partial charge in [0.2, 0.25) is 0 Å². The summed E-state index contributed by atoms with van der Waals surface area (Å²) in [4.78, 5) is 12.0. The normalized spacial score (nSPS) is 11.6. The van der Waals surface area contributed by atoms with Gasteiger partial charge in [0.15, 0.2) is 5.65 Å². The maximum Gasteiger partial charge on any atom is 0.416 e. The summed E-state index contributed by atoms with van der Waals surface area (Å²) < 4.78 is 39.8. The van der Waals surface area contributed by atoms with Gasteiger partial charge in [-0.05, 0) is 30.3 Å². The number of aromatic nitrogens is 3. The Kier molecular flexibility index (Phi) is 4.20. The third-order valence-electron chi connectivity index (χ3n) is 3.47. The molecule has 2 aromatic heterocycles.